The van der Waals surface area contributed by atoms with Gasteiger partial charge < -0.3 is 10.1 Å². The minimum atomic E-state index is -0.159. The number of ether oxygens (including phenoxy) is 1. The van der Waals surface area contributed by atoms with Gasteiger partial charge in [0.2, 0.25) is 5.91 Å². The summed E-state index contributed by atoms with van der Waals surface area (Å²) in [6.45, 7) is 2.67. The second kappa shape index (κ2) is 7.31. The lowest BCUT2D eigenvalue weighted by Crippen LogP contribution is -2.34. The molecule has 0 unspecified atom stereocenters. The standard InChI is InChI=1S/C20H23NO2S/c1-15(16-8-10-17(23-2)11-9-16)19(22)21-14-20(12-13-20)24-18-6-4-3-5-7-18/h3-11,15H,12-14H2,1-2H3,(H,21,22)/t15-/m1/s1. The van der Waals surface area contributed by atoms with Crippen LogP contribution in [0.1, 0.15) is 31.2 Å². The molecule has 1 aliphatic rings. The van der Waals surface area contributed by atoms with Crippen molar-refractivity contribution in [1.82, 2.24) is 5.32 Å². The highest BCUT2D eigenvalue weighted by Gasteiger charge is 2.44. The first-order valence-electron chi connectivity index (χ1n) is 8.28. The van der Waals surface area contributed by atoms with Crippen LogP contribution in [0.4, 0.5) is 0 Å². The van der Waals surface area contributed by atoms with Crippen molar-refractivity contribution in [2.45, 2.75) is 35.3 Å². The molecule has 0 spiro atoms. The molecule has 24 heavy (non-hydrogen) atoms. The maximum atomic E-state index is 12.5. The van der Waals surface area contributed by atoms with Gasteiger partial charge in [-0.05, 0) is 49.6 Å². The molecule has 3 nitrogen and oxygen atoms in total. The first kappa shape index (κ1) is 16.9. The van der Waals surface area contributed by atoms with E-state index in [-0.39, 0.29) is 16.6 Å². The third-order valence-electron chi connectivity index (χ3n) is 4.48. The highest BCUT2D eigenvalue weighted by atomic mass is 32.2. The van der Waals surface area contributed by atoms with E-state index in [1.807, 2.05) is 49.0 Å². The summed E-state index contributed by atoms with van der Waals surface area (Å²) in [7, 11) is 1.64. The van der Waals surface area contributed by atoms with Crippen LogP contribution in [0.3, 0.4) is 0 Å². The van der Waals surface area contributed by atoms with Crippen LogP contribution in [0, 0.1) is 0 Å². The van der Waals surface area contributed by atoms with E-state index in [0.29, 0.717) is 0 Å². The van der Waals surface area contributed by atoms with Crippen molar-refractivity contribution >= 4 is 17.7 Å². The third-order valence-corrected chi connectivity index (χ3v) is 5.97. The number of rotatable bonds is 7. The zero-order valence-electron chi connectivity index (χ0n) is 14.1. The molecular weight excluding hydrogens is 318 g/mol. The first-order chi connectivity index (χ1) is 11.6. The lowest BCUT2D eigenvalue weighted by atomic mass is 10.0. The summed E-state index contributed by atoms with van der Waals surface area (Å²) in [5.41, 5.74) is 1.01. The molecule has 0 aliphatic heterocycles. The summed E-state index contributed by atoms with van der Waals surface area (Å²) in [5, 5.41) is 3.14. The molecule has 2 aromatic carbocycles. The molecule has 1 fully saturated rings. The quantitative estimate of drug-likeness (QED) is 0.818. The Morgan fingerprint density at radius 2 is 1.83 bits per heavy atom. The molecule has 0 bridgehead atoms. The number of carbonyl (C=O) groups is 1. The Bertz CT molecular complexity index is 681. The van der Waals surface area contributed by atoms with Gasteiger partial charge in [-0.25, -0.2) is 0 Å². The fourth-order valence-corrected chi connectivity index (χ4v) is 3.88. The maximum absolute atomic E-state index is 12.5. The summed E-state index contributed by atoms with van der Waals surface area (Å²) in [6.07, 6.45) is 2.31. The monoisotopic (exact) mass is 341 g/mol. The number of hydrogen-bond donors (Lipinski definition) is 1. The van der Waals surface area contributed by atoms with E-state index in [2.05, 4.69) is 29.6 Å². The van der Waals surface area contributed by atoms with E-state index >= 15 is 0 Å². The lowest BCUT2D eigenvalue weighted by molar-refractivity contribution is -0.122. The van der Waals surface area contributed by atoms with Gasteiger partial charge in [-0.15, -0.1) is 11.8 Å². The lowest BCUT2D eigenvalue weighted by Gasteiger charge is -2.18. The molecule has 1 atom stereocenters. The van der Waals surface area contributed by atoms with Crippen LogP contribution in [0.15, 0.2) is 59.5 Å². The fourth-order valence-electron chi connectivity index (χ4n) is 2.64. The van der Waals surface area contributed by atoms with E-state index in [9.17, 15) is 4.79 Å². The van der Waals surface area contributed by atoms with Crippen molar-refractivity contribution in [3.8, 4) is 5.75 Å². The minimum Gasteiger partial charge on any atom is -0.497 e. The second-order valence-corrected chi connectivity index (χ2v) is 7.85. The zero-order chi connectivity index (χ0) is 17.0. The van der Waals surface area contributed by atoms with Gasteiger partial charge in [0.05, 0.1) is 13.0 Å². The van der Waals surface area contributed by atoms with E-state index in [1.165, 1.54) is 4.90 Å². The van der Waals surface area contributed by atoms with Crippen molar-refractivity contribution in [1.29, 1.82) is 0 Å². The topological polar surface area (TPSA) is 38.3 Å². The number of amides is 1. The summed E-state index contributed by atoms with van der Waals surface area (Å²) < 4.78 is 5.34. The summed E-state index contributed by atoms with van der Waals surface area (Å²) in [5.74, 6) is 0.732. The summed E-state index contributed by atoms with van der Waals surface area (Å²) >= 11 is 1.88. The molecular formula is C20H23NO2S. The smallest absolute Gasteiger partial charge is 0.227 e. The Morgan fingerprint density at radius 1 is 1.17 bits per heavy atom. The van der Waals surface area contributed by atoms with Gasteiger partial charge >= 0.3 is 0 Å². The number of benzene rings is 2. The first-order valence-corrected chi connectivity index (χ1v) is 9.09. The van der Waals surface area contributed by atoms with E-state index in [1.54, 1.807) is 7.11 Å². The van der Waals surface area contributed by atoms with Crippen LogP contribution in [0.2, 0.25) is 0 Å². The third kappa shape index (κ3) is 4.12. The number of thioether (sulfide) groups is 1. The van der Waals surface area contributed by atoms with Crippen molar-refractivity contribution < 1.29 is 9.53 Å². The van der Waals surface area contributed by atoms with Crippen LogP contribution < -0.4 is 10.1 Å². The maximum Gasteiger partial charge on any atom is 0.227 e. The minimum absolute atomic E-state index is 0.0834. The fraction of sp³-hybridized carbons (Fsp3) is 0.350. The average Bonchev–Trinajstić information content (AvgIpc) is 3.39. The zero-order valence-corrected chi connectivity index (χ0v) is 14.9. The molecule has 0 radical (unpaired) electrons. The van der Waals surface area contributed by atoms with Gasteiger partial charge in [0, 0.05) is 16.2 Å². The van der Waals surface area contributed by atoms with Gasteiger partial charge in [-0.1, -0.05) is 30.3 Å². The van der Waals surface area contributed by atoms with Crippen molar-refractivity contribution in [3.05, 3.63) is 60.2 Å². The Labute approximate surface area is 147 Å². The Balaban J connectivity index is 1.54. The van der Waals surface area contributed by atoms with Crippen LogP contribution in [0.5, 0.6) is 5.75 Å². The molecule has 1 aliphatic carbocycles. The van der Waals surface area contributed by atoms with E-state index in [4.69, 9.17) is 4.74 Å². The second-order valence-electron chi connectivity index (χ2n) is 6.31. The molecule has 1 N–H and O–H groups in total. The van der Waals surface area contributed by atoms with Crippen molar-refractivity contribution in [2.24, 2.45) is 0 Å². The van der Waals surface area contributed by atoms with Gasteiger partial charge in [-0.2, -0.15) is 0 Å². The molecule has 4 heteroatoms. The molecule has 2 aromatic rings. The molecule has 0 saturated heterocycles. The Kier molecular flexibility index (Phi) is 5.14. The highest BCUT2D eigenvalue weighted by Crippen LogP contribution is 2.51. The summed E-state index contributed by atoms with van der Waals surface area (Å²) in [4.78, 5) is 13.7. The number of hydrogen-bond acceptors (Lipinski definition) is 3. The predicted molar refractivity (Wildman–Crippen MR) is 98.7 cm³/mol. The largest absolute Gasteiger partial charge is 0.497 e. The summed E-state index contributed by atoms with van der Waals surface area (Å²) in [6, 6.07) is 18.1. The van der Waals surface area contributed by atoms with Crippen LogP contribution >= 0.6 is 11.8 Å². The normalized spacial score (nSPS) is 16.2. The van der Waals surface area contributed by atoms with Crippen molar-refractivity contribution in [2.75, 3.05) is 13.7 Å². The predicted octanol–water partition coefficient (Wildman–Crippen LogP) is 4.24. The number of methoxy groups -OCH3 is 1. The Hall–Kier alpha value is -1.94. The molecule has 0 heterocycles. The highest BCUT2D eigenvalue weighted by molar-refractivity contribution is 8.01. The van der Waals surface area contributed by atoms with Gasteiger partial charge in [0.25, 0.3) is 0 Å². The molecule has 1 saturated carbocycles. The molecule has 0 aromatic heterocycles. The van der Waals surface area contributed by atoms with Crippen LogP contribution in [0.25, 0.3) is 0 Å². The van der Waals surface area contributed by atoms with E-state index in [0.717, 1.165) is 30.7 Å². The van der Waals surface area contributed by atoms with Gasteiger partial charge in [-0.3, -0.25) is 4.79 Å². The van der Waals surface area contributed by atoms with E-state index < -0.39 is 0 Å². The van der Waals surface area contributed by atoms with Gasteiger partial charge in [0.1, 0.15) is 5.75 Å². The van der Waals surface area contributed by atoms with Crippen LogP contribution in [-0.2, 0) is 4.79 Å². The average molecular weight is 341 g/mol. The number of nitrogens with one attached hydrogen (secondary N) is 1. The van der Waals surface area contributed by atoms with Crippen molar-refractivity contribution in [3.63, 3.8) is 0 Å². The van der Waals surface area contributed by atoms with Crippen LogP contribution in [-0.4, -0.2) is 24.3 Å². The molecule has 1 amide bonds. The molecule has 126 valence electrons. The SMILES string of the molecule is COc1ccc([C@@H](C)C(=O)NCC2(Sc3ccccc3)CC2)cc1. The molecule has 3 rings (SSSR count). The Morgan fingerprint density at radius 3 is 2.42 bits per heavy atom. The number of carbonyl (C=O) groups excluding carboxylic acids is 1. The van der Waals surface area contributed by atoms with Gasteiger partial charge in [0.15, 0.2) is 0 Å².